The molecule has 0 unspecified atom stereocenters. The van der Waals surface area contributed by atoms with E-state index >= 15 is 0 Å². The van der Waals surface area contributed by atoms with Crippen LogP contribution in [0.2, 0.25) is 5.15 Å². The van der Waals surface area contributed by atoms with Crippen LogP contribution in [0.25, 0.3) is 11.5 Å². The zero-order valence-corrected chi connectivity index (χ0v) is 10.9. The Morgan fingerprint density at radius 2 is 2.00 bits per heavy atom. The molecule has 0 atom stereocenters. The predicted octanol–water partition coefficient (Wildman–Crippen LogP) is 3.52. The number of thiazole rings is 1. The van der Waals surface area contributed by atoms with E-state index < -0.39 is 0 Å². The van der Waals surface area contributed by atoms with Crippen LogP contribution in [0.3, 0.4) is 0 Å². The lowest BCUT2D eigenvalue weighted by Gasteiger charge is -2.07. The molecule has 0 N–H and O–H groups in total. The number of rotatable bonds is 1. The number of hydrogen-bond donors (Lipinski definition) is 0. The number of hydrogen-bond acceptors (Lipinski definition) is 4. The Hall–Kier alpha value is -1.00. The van der Waals surface area contributed by atoms with E-state index in [0.29, 0.717) is 11.0 Å². The Kier molecular flexibility index (Phi) is 3.07. The van der Waals surface area contributed by atoms with Gasteiger partial charge in [0.15, 0.2) is 5.82 Å². The zero-order valence-electron chi connectivity index (χ0n) is 9.32. The lowest BCUT2D eigenvalue weighted by atomic mass is 10.1. The van der Waals surface area contributed by atoms with Gasteiger partial charge in [0.1, 0.15) is 10.8 Å². The summed E-state index contributed by atoms with van der Waals surface area (Å²) in [6.07, 6.45) is 5.64. The molecule has 3 nitrogen and oxygen atoms in total. The molecule has 2 aromatic rings. The van der Waals surface area contributed by atoms with Gasteiger partial charge >= 0.3 is 0 Å². The first-order valence-electron chi connectivity index (χ1n) is 5.78. The third kappa shape index (κ3) is 2.19. The number of fused-ring (bicyclic) bond motifs is 1. The highest BCUT2D eigenvalue weighted by molar-refractivity contribution is 7.07. The Bertz CT molecular complexity index is 525. The summed E-state index contributed by atoms with van der Waals surface area (Å²) in [5.41, 5.74) is 4.87. The molecule has 17 heavy (non-hydrogen) atoms. The predicted molar refractivity (Wildman–Crippen MR) is 69.4 cm³/mol. The summed E-state index contributed by atoms with van der Waals surface area (Å²) in [7, 11) is 0. The standard InChI is InChI=1S/C12H12ClN3S/c13-11-8-4-2-1-3-5-9(8)15-12(16-11)10-6-17-7-14-10/h6-7H,1-5H2. The second-order valence-corrected chi connectivity index (χ2v) is 5.27. The van der Waals surface area contributed by atoms with Gasteiger partial charge in [-0.25, -0.2) is 15.0 Å². The van der Waals surface area contributed by atoms with Crippen molar-refractivity contribution in [3.05, 3.63) is 27.3 Å². The average Bonchev–Trinajstić information content (AvgIpc) is 2.75. The van der Waals surface area contributed by atoms with Gasteiger partial charge in [-0.15, -0.1) is 11.3 Å². The minimum absolute atomic E-state index is 0.611. The van der Waals surface area contributed by atoms with Crippen LogP contribution in [0, 0.1) is 0 Å². The molecule has 0 aromatic carbocycles. The van der Waals surface area contributed by atoms with Crippen molar-refractivity contribution in [2.45, 2.75) is 32.1 Å². The van der Waals surface area contributed by atoms with Crippen molar-refractivity contribution in [2.75, 3.05) is 0 Å². The van der Waals surface area contributed by atoms with E-state index in [-0.39, 0.29) is 0 Å². The smallest absolute Gasteiger partial charge is 0.180 e. The molecule has 0 saturated heterocycles. The number of halogens is 1. The highest BCUT2D eigenvalue weighted by Gasteiger charge is 2.16. The third-order valence-electron chi connectivity index (χ3n) is 3.04. The monoisotopic (exact) mass is 265 g/mol. The maximum absolute atomic E-state index is 6.26. The number of nitrogens with zero attached hydrogens (tertiary/aromatic N) is 3. The molecule has 1 aliphatic carbocycles. The van der Waals surface area contributed by atoms with Crippen molar-refractivity contribution in [1.29, 1.82) is 0 Å². The Morgan fingerprint density at radius 1 is 1.12 bits per heavy atom. The van der Waals surface area contributed by atoms with Gasteiger partial charge < -0.3 is 0 Å². The minimum Gasteiger partial charge on any atom is -0.241 e. The van der Waals surface area contributed by atoms with Crippen molar-refractivity contribution in [3.63, 3.8) is 0 Å². The average molecular weight is 266 g/mol. The van der Waals surface area contributed by atoms with Crippen LogP contribution in [-0.4, -0.2) is 15.0 Å². The second kappa shape index (κ2) is 4.70. The molecule has 0 saturated carbocycles. The van der Waals surface area contributed by atoms with Gasteiger partial charge in [-0.2, -0.15) is 0 Å². The van der Waals surface area contributed by atoms with E-state index in [2.05, 4.69) is 15.0 Å². The lowest BCUT2D eigenvalue weighted by Crippen LogP contribution is -2.02. The molecule has 3 rings (SSSR count). The first-order chi connectivity index (χ1) is 8.34. The summed E-state index contributed by atoms with van der Waals surface area (Å²) in [5, 5.41) is 2.56. The topological polar surface area (TPSA) is 38.7 Å². The minimum atomic E-state index is 0.611. The van der Waals surface area contributed by atoms with E-state index in [0.717, 1.165) is 29.8 Å². The van der Waals surface area contributed by atoms with Crippen molar-refractivity contribution >= 4 is 22.9 Å². The summed E-state index contributed by atoms with van der Waals surface area (Å²) in [6, 6.07) is 0. The highest BCUT2D eigenvalue weighted by Crippen LogP contribution is 2.27. The van der Waals surface area contributed by atoms with Crippen LogP contribution in [0.4, 0.5) is 0 Å². The molecule has 88 valence electrons. The molecule has 0 bridgehead atoms. The number of aryl methyl sites for hydroxylation is 1. The Balaban J connectivity index is 2.09. The van der Waals surface area contributed by atoms with E-state index in [4.69, 9.17) is 11.6 Å². The fraction of sp³-hybridized carbons (Fsp3) is 0.417. The molecule has 0 fully saturated rings. The van der Waals surface area contributed by atoms with Gasteiger partial charge in [0.05, 0.1) is 5.51 Å². The highest BCUT2D eigenvalue weighted by atomic mass is 35.5. The molecule has 0 aliphatic heterocycles. The molecule has 0 radical (unpaired) electrons. The SMILES string of the molecule is Clc1nc(-c2cscn2)nc2c1CCCCC2. The van der Waals surface area contributed by atoms with Gasteiger partial charge in [0, 0.05) is 16.6 Å². The van der Waals surface area contributed by atoms with E-state index in [1.165, 1.54) is 19.3 Å². The Morgan fingerprint density at radius 3 is 2.82 bits per heavy atom. The summed E-state index contributed by atoms with van der Waals surface area (Å²) >= 11 is 7.81. The molecule has 2 aromatic heterocycles. The summed E-state index contributed by atoms with van der Waals surface area (Å²) in [5.74, 6) is 0.664. The van der Waals surface area contributed by atoms with Crippen LogP contribution in [0.1, 0.15) is 30.5 Å². The van der Waals surface area contributed by atoms with Crippen LogP contribution in [0.5, 0.6) is 0 Å². The van der Waals surface area contributed by atoms with Crippen molar-refractivity contribution in [2.24, 2.45) is 0 Å². The Labute approximate surface area is 109 Å². The van der Waals surface area contributed by atoms with Crippen LogP contribution in [-0.2, 0) is 12.8 Å². The summed E-state index contributed by atoms with van der Waals surface area (Å²) in [6.45, 7) is 0. The first kappa shape index (κ1) is 11.1. The van der Waals surface area contributed by atoms with Crippen LogP contribution in [0.15, 0.2) is 10.9 Å². The van der Waals surface area contributed by atoms with Gasteiger partial charge in [0.2, 0.25) is 0 Å². The summed E-state index contributed by atoms with van der Waals surface area (Å²) < 4.78 is 0. The quantitative estimate of drug-likeness (QED) is 0.585. The lowest BCUT2D eigenvalue weighted by molar-refractivity contribution is 0.709. The molecule has 0 spiro atoms. The first-order valence-corrected chi connectivity index (χ1v) is 7.10. The van der Waals surface area contributed by atoms with E-state index in [9.17, 15) is 0 Å². The van der Waals surface area contributed by atoms with E-state index in [1.807, 2.05) is 5.38 Å². The van der Waals surface area contributed by atoms with Crippen molar-refractivity contribution in [1.82, 2.24) is 15.0 Å². The fourth-order valence-electron chi connectivity index (χ4n) is 2.16. The maximum Gasteiger partial charge on any atom is 0.180 e. The van der Waals surface area contributed by atoms with Crippen molar-refractivity contribution < 1.29 is 0 Å². The summed E-state index contributed by atoms with van der Waals surface area (Å²) in [4.78, 5) is 13.2. The van der Waals surface area contributed by atoms with Crippen LogP contribution < -0.4 is 0 Å². The second-order valence-electron chi connectivity index (χ2n) is 4.20. The molecule has 2 heterocycles. The van der Waals surface area contributed by atoms with Gasteiger partial charge in [-0.05, 0) is 25.7 Å². The van der Waals surface area contributed by atoms with E-state index in [1.54, 1.807) is 16.8 Å². The molecule has 5 heteroatoms. The number of aromatic nitrogens is 3. The van der Waals surface area contributed by atoms with Gasteiger partial charge in [-0.3, -0.25) is 0 Å². The third-order valence-corrected chi connectivity index (χ3v) is 3.94. The zero-order chi connectivity index (χ0) is 11.7. The van der Waals surface area contributed by atoms with Crippen molar-refractivity contribution in [3.8, 4) is 11.5 Å². The maximum atomic E-state index is 6.26. The normalized spacial score (nSPS) is 15.4. The molecular formula is C12H12ClN3S. The van der Waals surface area contributed by atoms with Gasteiger partial charge in [0.25, 0.3) is 0 Å². The largest absolute Gasteiger partial charge is 0.241 e. The molecule has 0 amide bonds. The fourth-order valence-corrected chi connectivity index (χ4v) is 2.98. The van der Waals surface area contributed by atoms with Gasteiger partial charge in [-0.1, -0.05) is 18.0 Å². The van der Waals surface area contributed by atoms with Crippen LogP contribution >= 0.6 is 22.9 Å². The molecular weight excluding hydrogens is 254 g/mol. The molecule has 1 aliphatic rings.